The largest absolute Gasteiger partial charge is 0.508 e. The number of phenolic OH excluding ortho intramolecular Hbond substituents is 1. The summed E-state index contributed by atoms with van der Waals surface area (Å²) < 4.78 is 0. The van der Waals surface area contributed by atoms with Crippen LogP contribution in [0, 0.1) is 0 Å². The molecule has 0 aliphatic carbocycles. The van der Waals surface area contributed by atoms with Crippen LogP contribution in [-0.4, -0.2) is 35.7 Å². The molecule has 1 fully saturated rings. The lowest BCUT2D eigenvalue weighted by atomic mass is 10.1. The van der Waals surface area contributed by atoms with Crippen molar-refractivity contribution in [1.29, 1.82) is 0 Å². The molecule has 0 aromatic heterocycles. The summed E-state index contributed by atoms with van der Waals surface area (Å²) in [6.45, 7) is 6.35. The van der Waals surface area contributed by atoms with Crippen LogP contribution >= 0.6 is 0 Å². The Morgan fingerprint density at radius 3 is 3.13 bits per heavy atom. The molecule has 1 heterocycles. The van der Waals surface area contributed by atoms with Gasteiger partial charge in [-0.3, -0.25) is 4.90 Å². The van der Waals surface area contributed by atoms with E-state index < -0.39 is 0 Å². The Balaban J connectivity index is 1.96. The number of hydrogen-bond donors (Lipinski definition) is 2. The minimum Gasteiger partial charge on any atom is -0.508 e. The van der Waals surface area contributed by atoms with Crippen LogP contribution in [0.3, 0.4) is 0 Å². The number of benzene rings is 1. The first-order valence-corrected chi connectivity index (χ1v) is 5.48. The predicted octanol–water partition coefficient (Wildman–Crippen LogP) is 1.19. The van der Waals surface area contributed by atoms with Gasteiger partial charge >= 0.3 is 0 Å². The summed E-state index contributed by atoms with van der Waals surface area (Å²) in [5.74, 6) is 0.357. The third-order valence-electron chi connectivity index (χ3n) is 2.77. The fraction of sp³-hybridized carbons (Fsp3) is 0.500. The highest BCUT2D eigenvalue weighted by Gasteiger charge is 2.15. The Kier molecular flexibility index (Phi) is 3.23. The molecule has 82 valence electrons. The molecule has 1 aromatic carbocycles. The summed E-state index contributed by atoms with van der Waals surface area (Å²) in [4.78, 5) is 2.41. The molecule has 1 saturated heterocycles. The third kappa shape index (κ3) is 2.94. The van der Waals surface area contributed by atoms with Crippen molar-refractivity contribution in [3.63, 3.8) is 0 Å². The predicted molar refractivity (Wildman–Crippen MR) is 60.8 cm³/mol. The molecule has 1 aliphatic rings. The number of hydrogen-bond acceptors (Lipinski definition) is 3. The smallest absolute Gasteiger partial charge is 0.115 e. The lowest BCUT2D eigenvalue weighted by Crippen LogP contribution is -2.48. The third-order valence-corrected chi connectivity index (χ3v) is 2.77. The zero-order valence-electron chi connectivity index (χ0n) is 9.11. The molecular weight excluding hydrogens is 188 g/mol. The van der Waals surface area contributed by atoms with Gasteiger partial charge < -0.3 is 10.4 Å². The van der Waals surface area contributed by atoms with Crippen molar-refractivity contribution in [2.75, 3.05) is 19.6 Å². The first kappa shape index (κ1) is 10.5. The molecule has 0 spiro atoms. The summed E-state index contributed by atoms with van der Waals surface area (Å²) in [6.07, 6.45) is 0. The molecule has 3 heteroatoms. The quantitative estimate of drug-likeness (QED) is 0.763. The zero-order chi connectivity index (χ0) is 10.7. The summed E-state index contributed by atoms with van der Waals surface area (Å²) in [5, 5.41) is 12.8. The molecular formula is C12H18N2O. The molecule has 3 nitrogen and oxygen atoms in total. The van der Waals surface area contributed by atoms with Gasteiger partial charge in [0.25, 0.3) is 0 Å². The summed E-state index contributed by atoms with van der Waals surface area (Å²) >= 11 is 0. The van der Waals surface area contributed by atoms with Gasteiger partial charge in [-0.25, -0.2) is 0 Å². The zero-order valence-corrected chi connectivity index (χ0v) is 9.11. The second-order valence-corrected chi connectivity index (χ2v) is 4.26. The molecule has 0 bridgehead atoms. The number of phenols is 1. The van der Waals surface area contributed by atoms with Crippen molar-refractivity contribution in [3.8, 4) is 5.75 Å². The van der Waals surface area contributed by atoms with E-state index in [2.05, 4.69) is 23.2 Å². The van der Waals surface area contributed by atoms with Crippen LogP contribution in [0.15, 0.2) is 24.3 Å². The Labute approximate surface area is 90.7 Å². The number of rotatable bonds is 2. The number of piperazine rings is 1. The average Bonchev–Trinajstić information content (AvgIpc) is 2.17. The summed E-state index contributed by atoms with van der Waals surface area (Å²) in [7, 11) is 0. The maximum absolute atomic E-state index is 9.36. The van der Waals surface area contributed by atoms with Crippen LogP contribution in [-0.2, 0) is 6.54 Å². The van der Waals surface area contributed by atoms with Gasteiger partial charge in [-0.15, -0.1) is 0 Å². The highest BCUT2D eigenvalue weighted by molar-refractivity contribution is 5.27. The summed E-state index contributed by atoms with van der Waals surface area (Å²) in [6, 6.07) is 8.08. The van der Waals surface area contributed by atoms with Crippen LogP contribution in [0.5, 0.6) is 5.75 Å². The Bertz CT molecular complexity index is 327. The van der Waals surface area contributed by atoms with E-state index in [9.17, 15) is 5.11 Å². The van der Waals surface area contributed by atoms with E-state index in [1.807, 2.05) is 12.1 Å². The van der Waals surface area contributed by atoms with E-state index in [1.54, 1.807) is 6.07 Å². The molecule has 15 heavy (non-hydrogen) atoms. The minimum absolute atomic E-state index is 0.357. The molecule has 2 N–H and O–H groups in total. The van der Waals surface area contributed by atoms with Gasteiger partial charge in [0.1, 0.15) is 5.75 Å². The molecule has 1 unspecified atom stereocenters. The Hall–Kier alpha value is -1.06. The highest BCUT2D eigenvalue weighted by Crippen LogP contribution is 2.13. The van der Waals surface area contributed by atoms with Crippen molar-refractivity contribution >= 4 is 0 Å². The number of nitrogens with one attached hydrogen (secondary N) is 1. The summed E-state index contributed by atoms with van der Waals surface area (Å²) in [5.41, 5.74) is 1.18. The maximum atomic E-state index is 9.36. The van der Waals surface area contributed by atoms with Crippen molar-refractivity contribution in [3.05, 3.63) is 29.8 Å². The molecule has 1 aromatic rings. The first-order valence-electron chi connectivity index (χ1n) is 5.48. The van der Waals surface area contributed by atoms with E-state index in [0.29, 0.717) is 11.8 Å². The Morgan fingerprint density at radius 2 is 2.40 bits per heavy atom. The fourth-order valence-electron chi connectivity index (χ4n) is 2.07. The van der Waals surface area contributed by atoms with Gasteiger partial charge in [-0.2, -0.15) is 0 Å². The van der Waals surface area contributed by atoms with Crippen molar-refractivity contribution in [1.82, 2.24) is 10.2 Å². The van der Waals surface area contributed by atoms with Crippen molar-refractivity contribution in [2.45, 2.75) is 19.5 Å². The SMILES string of the molecule is CC1CN(Cc2cccc(O)c2)CCN1. The second-order valence-electron chi connectivity index (χ2n) is 4.26. The molecule has 0 radical (unpaired) electrons. The first-order chi connectivity index (χ1) is 7.24. The minimum atomic E-state index is 0.357. The Morgan fingerprint density at radius 1 is 1.53 bits per heavy atom. The van der Waals surface area contributed by atoms with Gasteiger partial charge in [0.2, 0.25) is 0 Å². The lowest BCUT2D eigenvalue weighted by molar-refractivity contribution is 0.199. The molecule has 0 amide bonds. The maximum Gasteiger partial charge on any atom is 0.115 e. The molecule has 1 atom stereocenters. The molecule has 2 rings (SSSR count). The fourth-order valence-corrected chi connectivity index (χ4v) is 2.07. The second kappa shape index (κ2) is 4.64. The topological polar surface area (TPSA) is 35.5 Å². The van der Waals surface area contributed by atoms with Crippen molar-refractivity contribution in [2.24, 2.45) is 0 Å². The molecule has 0 saturated carbocycles. The molecule has 1 aliphatic heterocycles. The van der Waals surface area contributed by atoms with E-state index in [-0.39, 0.29) is 0 Å². The van der Waals surface area contributed by atoms with Gasteiger partial charge in [-0.05, 0) is 24.6 Å². The van der Waals surface area contributed by atoms with Crippen LogP contribution in [0.1, 0.15) is 12.5 Å². The van der Waals surface area contributed by atoms with E-state index >= 15 is 0 Å². The average molecular weight is 206 g/mol. The van der Waals surface area contributed by atoms with Crippen LogP contribution in [0.4, 0.5) is 0 Å². The van der Waals surface area contributed by atoms with Crippen LogP contribution < -0.4 is 5.32 Å². The lowest BCUT2D eigenvalue weighted by Gasteiger charge is -2.31. The van der Waals surface area contributed by atoms with Crippen LogP contribution in [0.2, 0.25) is 0 Å². The number of nitrogens with zero attached hydrogens (tertiary/aromatic N) is 1. The van der Waals surface area contributed by atoms with Gasteiger partial charge in [0, 0.05) is 32.2 Å². The highest BCUT2D eigenvalue weighted by atomic mass is 16.3. The normalized spacial score (nSPS) is 22.9. The monoisotopic (exact) mass is 206 g/mol. The standard InChI is InChI=1S/C12H18N2O/c1-10-8-14(6-5-13-10)9-11-3-2-4-12(15)7-11/h2-4,7,10,13,15H,5-6,8-9H2,1H3. The number of aromatic hydroxyl groups is 1. The van der Waals surface area contributed by atoms with Crippen molar-refractivity contribution < 1.29 is 5.11 Å². The van der Waals surface area contributed by atoms with Crippen LogP contribution in [0.25, 0.3) is 0 Å². The van der Waals surface area contributed by atoms with E-state index in [4.69, 9.17) is 0 Å². The van der Waals surface area contributed by atoms with E-state index in [0.717, 1.165) is 26.2 Å². The van der Waals surface area contributed by atoms with E-state index in [1.165, 1.54) is 5.56 Å². The van der Waals surface area contributed by atoms with Gasteiger partial charge in [-0.1, -0.05) is 12.1 Å². The van der Waals surface area contributed by atoms with Gasteiger partial charge in [0.15, 0.2) is 0 Å². The van der Waals surface area contributed by atoms with Gasteiger partial charge in [0.05, 0.1) is 0 Å².